The van der Waals surface area contributed by atoms with E-state index < -0.39 is 0 Å². The molecule has 1 unspecified atom stereocenters. The first-order valence-electron chi connectivity index (χ1n) is 4.96. The van der Waals surface area contributed by atoms with E-state index in [9.17, 15) is 0 Å². The van der Waals surface area contributed by atoms with Crippen LogP contribution in [0.25, 0.3) is 0 Å². The summed E-state index contributed by atoms with van der Waals surface area (Å²) in [5, 5.41) is 14.3. The molecule has 2 nitrogen and oxygen atoms in total. The molecule has 0 saturated heterocycles. The van der Waals surface area contributed by atoms with E-state index in [1.165, 1.54) is 4.88 Å². The Morgan fingerprint density at radius 1 is 1.60 bits per heavy atom. The highest BCUT2D eigenvalue weighted by atomic mass is 79.9. The molecule has 0 bridgehead atoms. The van der Waals surface area contributed by atoms with Gasteiger partial charge in [-0.3, -0.25) is 0 Å². The summed E-state index contributed by atoms with van der Waals surface area (Å²) in [6.45, 7) is 5.78. The summed E-state index contributed by atoms with van der Waals surface area (Å²) >= 11 is 5.15. The summed E-state index contributed by atoms with van der Waals surface area (Å²) in [4.78, 5) is 1.29. The van der Waals surface area contributed by atoms with Gasteiger partial charge in [0.15, 0.2) is 0 Å². The molecule has 1 aromatic rings. The Labute approximate surface area is 103 Å². The van der Waals surface area contributed by atoms with Gasteiger partial charge in [-0.05, 0) is 27.9 Å². The lowest BCUT2D eigenvalue weighted by Crippen LogP contribution is -2.24. The minimum atomic E-state index is 0.105. The van der Waals surface area contributed by atoms with Gasteiger partial charge in [-0.25, -0.2) is 0 Å². The predicted octanol–water partition coefficient (Wildman–Crippen LogP) is 3.40. The normalized spacial score (nSPS) is 12.7. The first kappa shape index (κ1) is 12.7. The number of nitriles is 1. The van der Waals surface area contributed by atoms with Crippen molar-refractivity contribution in [1.29, 1.82) is 5.26 Å². The molecule has 0 aliphatic rings. The van der Waals surface area contributed by atoms with E-state index in [1.54, 1.807) is 11.3 Å². The zero-order valence-electron chi connectivity index (χ0n) is 8.96. The maximum Gasteiger partial charge on any atom is 0.0671 e. The van der Waals surface area contributed by atoms with Crippen LogP contribution in [0.2, 0.25) is 0 Å². The molecule has 1 heterocycles. The minimum Gasteiger partial charge on any atom is -0.311 e. The van der Waals surface area contributed by atoms with Gasteiger partial charge >= 0.3 is 0 Å². The fourth-order valence-electron chi connectivity index (χ4n) is 1.23. The van der Waals surface area contributed by atoms with Crippen molar-refractivity contribution in [1.82, 2.24) is 5.32 Å². The molecule has 0 aliphatic carbocycles. The fraction of sp³-hybridized carbons (Fsp3) is 0.545. The average molecular weight is 287 g/mol. The van der Waals surface area contributed by atoms with Gasteiger partial charge < -0.3 is 5.32 Å². The zero-order valence-corrected chi connectivity index (χ0v) is 11.4. The molecule has 0 spiro atoms. The second-order valence-electron chi connectivity index (χ2n) is 3.84. The molecular formula is C11H15BrN2S. The maximum absolute atomic E-state index is 8.90. The van der Waals surface area contributed by atoms with Gasteiger partial charge in [0, 0.05) is 27.8 Å². The topological polar surface area (TPSA) is 35.8 Å². The van der Waals surface area contributed by atoms with E-state index in [2.05, 4.69) is 52.6 Å². The Hall–Kier alpha value is -0.370. The third kappa shape index (κ3) is 4.33. The van der Waals surface area contributed by atoms with Crippen molar-refractivity contribution in [3.05, 3.63) is 20.8 Å². The average Bonchev–Trinajstić information content (AvgIpc) is 2.58. The number of thiophene rings is 1. The van der Waals surface area contributed by atoms with Crippen molar-refractivity contribution in [2.45, 2.75) is 20.4 Å². The molecule has 1 N–H and O–H groups in total. The first-order valence-corrected chi connectivity index (χ1v) is 6.64. The number of rotatable bonds is 5. The van der Waals surface area contributed by atoms with Gasteiger partial charge in [-0.2, -0.15) is 5.26 Å². The second-order valence-corrected chi connectivity index (χ2v) is 5.75. The Balaban J connectivity index is 2.30. The summed E-state index contributed by atoms with van der Waals surface area (Å²) in [6, 6.07) is 4.43. The summed E-state index contributed by atoms with van der Waals surface area (Å²) < 4.78 is 1.13. The number of hydrogen-bond donors (Lipinski definition) is 1. The van der Waals surface area contributed by atoms with Crippen LogP contribution in [0.3, 0.4) is 0 Å². The Kier molecular flexibility index (Phi) is 5.30. The Bertz CT molecular complexity index is 341. The Morgan fingerprint density at radius 3 is 2.80 bits per heavy atom. The third-order valence-corrected chi connectivity index (χ3v) is 3.95. The van der Waals surface area contributed by atoms with Crippen molar-refractivity contribution in [2.24, 2.45) is 11.8 Å². The van der Waals surface area contributed by atoms with Gasteiger partial charge in [0.05, 0.1) is 12.0 Å². The van der Waals surface area contributed by atoms with Crippen molar-refractivity contribution >= 4 is 27.3 Å². The molecular weight excluding hydrogens is 272 g/mol. The van der Waals surface area contributed by atoms with E-state index in [0.29, 0.717) is 5.92 Å². The molecule has 0 radical (unpaired) electrons. The number of nitrogens with zero attached hydrogens (tertiary/aromatic N) is 1. The highest BCUT2D eigenvalue weighted by Gasteiger charge is 2.11. The van der Waals surface area contributed by atoms with Gasteiger partial charge in [-0.1, -0.05) is 13.8 Å². The fourth-order valence-corrected chi connectivity index (χ4v) is 2.65. The van der Waals surface area contributed by atoms with Crippen LogP contribution in [0.1, 0.15) is 18.7 Å². The van der Waals surface area contributed by atoms with Crippen LogP contribution in [-0.2, 0) is 6.54 Å². The summed E-state index contributed by atoms with van der Waals surface area (Å²) in [5.41, 5.74) is 0. The van der Waals surface area contributed by atoms with Gasteiger partial charge in [-0.15, -0.1) is 11.3 Å². The molecule has 0 amide bonds. The molecule has 1 rings (SSSR count). The van der Waals surface area contributed by atoms with Crippen LogP contribution in [0, 0.1) is 23.2 Å². The summed E-state index contributed by atoms with van der Waals surface area (Å²) in [7, 11) is 0. The number of hydrogen-bond acceptors (Lipinski definition) is 3. The van der Waals surface area contributed by atoms with E-state index in [0.717, 1.165) is 17.6 Å². The molecule has 1 aromatic heterocycles. The van der Waals surface area contributed by atoms with Gasteiger partial charge in [0.1, 0.15) is 0 Å². The van der Waals surface area contributed by atoms with Gasteiger partial charge in [0.25, 0.3) is 0 Å². The lowest BCUT2D eigenvalue weighted by Gasteiger charge is -2.12. The highest BCUT2D eigenvalue weighted by Crippen LogP contribution is 2.19. The molecule has 1 atom stereocenters. The molecule has 15 heavy (non-hydrogen) atoms. The molecule has 0 aromatic carbocycles. The number of nitrogens with one attached hydrogen (secondary N) is 1. The van der Waals surface area contributed by atoms with Crippen LogP contribution in [-0.4, -0.2) is 6.54 Å². The van der Waals surface area contributed by atoms with Gasteiger partial charge in [0.2, 0.25) is 0 Å². The monoisotopic (exact) mass is 286 g/mol. The summed E-state index contributed by atoms with van der Waals surface area (Å²) in [5.74, 6) is 0.519. The van der Waals surface area contributed by atoms with Crippen LogP contribution >= 0.6 is 27.3 Å². The third-order valence-electron chi connectivity index (χ3n) is 2.26. The molecule has 0 saturated carbocycles. The lowest BCUT2D eigenvalue weighted by molar-refractivity contribution is 0.443. The van der Waals surface area contributed by atoms with Crippen LogP contribution in [0.15, 0.2) is 15.9 Å². The first-order chi connectivity index (χ1) is 7.13. The van der Waals surface area contributed by atoms with Crippen molar-refractivity contribution in [2.75, 3.05) is 6.54 Å². The molecule has 0 fully saturated rings. The molecule has 4 heteroatoms. The Morgan fingerprint density at radius 2 is 2.33 bits per heavy atom. The highest BCUT2D eigenvalue weighted by molar-refractivity contribution is 9.10. The lowest BCUT2D eigenvalue weighted by atomic mass is 9.98. The standard InChI is InChI=1S/C11H15BrN2S/c1-8(2)9(4-13)5-14-6-11-3-10(12)7-15-11/h3,7-9,14H,5-6H2,1-2H3. The van der Waals surface area contributed by atoms with Crippen LogP contribution < -0.4 is 5.32 Å². The SMILES string of the molecule is CC(C)C(C#N)CNCc1cc(Br)cs1. The minimum absolute atomic E-state index is 0.105. The molecule has 82 valence electrons. The van der Waals surface area contributed by atoms with Crippen LogP contribution in [0.5, 0.6) is 0 Å². The van der Waals surface area contributed by atoms with Crippen molar-refractivity contribution < 1.29 is 0 Å². The quantitative estimate of drug-likeness (QED) is 0.901. The molecule has 0 aliphatic heterocycles. The van der Waals surface area contributed by atoms with Crippen molar-refractivity contribution in [3.8, 4) is 6.07 Å². The number of halogens is 1. The smallest absolute Gasteiger partial charge is 0.0671 e. The largest absolute Gasteiger partial charge is 0.311 e. The van der Waals surface area contributed by atoms with E-state index in [4.69, 9.17) is 5.26 Å². The zero-order chi connectivity index (χ0) is 11.3. The van der Waals surface area contributed by atoms with E-state index >= 15 is 0 Å². The van der Waals surface area contributed by atoms with Crippen molar-refractivity contribution in [3.63, 3.8) is 0 Å². The maximum atomic E-state index is 8.90. The second kappa shape index (κ2) is 6.26. The van der Waals surface area contributed by atoms with E-state index in [-0.39, 0.29) is 5.92 Å². The van der Waals surface area contributed by atoms with Crippen LogP contribution in [0.4, 0.5) is 0 Å². The summed E-state index contributed by atoms with van der Waals surface area (Å²) in [6.07, 6.45) is 0. The van der Waals surface area contributed by atoms with E-state index in [1.807, 2.05) is 0 Å². The predicted molar refractivity (Wildman–Crippen MR) is 67.7 cm³/mol.